The van der Waals surface area contributed by atoms with Crippen molar-refractivity contribution in [2.24, 2.45) is 0 Å². The number of rotatable bonds is 4. The molecule has 3 aromatic rings. The fourth-order valence-electron chi connectivity index (χ4n) is 2.15. The van der Waals surface area contributed by atoms with Gasteiger partial charge in [-0.3, -0.25) is 9.48 Å². The van der Waals surface area contributed by atoms with Gasteiger partial charge in [0, 0.05) is 24.3 Å². The lowest BCUT2D eigenvalue weighted by atomic mass is 10.2. The number of nitrogens with one attached hydrogen (secondary N) is 1. The van der Waals surface area contributed by atoms with Crippen molar-refractivity contribution < 1.29 is 4.79 Å². The van der Waals surface area contributed by atoms with Gasteiger partial charge in [0.25, 0.3) is 5.91 Å². The van der Waals surface area contributed by atoms with Gasteiger partial charge in [0.2, 0.25) is 0 Å². The van der Waals surface area contributed by atoms with E-state index < -0.39 is 0 Å². The lowest BCUT2D eigenvalue weighted by Gasteiger charge is -2.07. The molecule has 0 atom stereocenters. The Labute approximate surface area is 133 Å². The summed E-state index contributed by atoms with van der Waals surface area (Å²) >= 11 is 0. The Hall–Kier alpha value is -3.22. The standard InChI is InChI=1S/C16H16N6O/c1-11-8-20-22(9-11)10-12-2-4-13(5-3-12)21-16(23)14-15(17)19-7-6-18-14/h2-9H,10H2,1H3,(H2,17,19)(H,21,23). The summed E-state index contributed by atoms with van der Waals surface area (Å²) in [5.41, 5.74) is 8.63. The van der Waals surface area contributed by atoms with E-state index in [0.29, 0.717) is 12.2 Å². The second kappa shape index (κ2) is 6.27. The zero-order valence-corrected chi connectivity index (χ0v) is 12.6. The molecular formula is C16H16N6O. The predicted molar refractivity (Wildman–Crippen MR) is 86.9 cm³/mol. The summed E-state index contributed by atoms with van der Waals surface area (Å²) in [5, 5.41) is 7.00. The molecule has 2 aromatic heterocycles. The average molecular weight is 308 g/mol. The van der Waals surface area contributed by atoms with E-state index in [1.54, 1.807) is 0 Å². The van der Waals surface area contributed by atoms with Crippen LogP contribution in [0.5, 0.6) is 0 Å². The second-order valence-corrected chi connectivity index (χ2v) is 5.16. The summed E-state index contributed by atoms with van der Waals surface area (Å²) in [6.07, 6.45) is 6.67. The molecule has 2 heterocycles. The van der Waals surface area contributed by atoms with Gasteiger partial charge in [-0.2, -0.15) is 5.10 Å². The molecule has 0 aliphatic heterocycles. The van der Waals surface area contributed by atoms with Gasteiger partial charge in [-0.15, -0.1) is 0 Å². The maximum Gasteiger partial charge on any atom is 0.278 e. The van der Waals surface area contributed by atoms with E-state index in [1.807, 2.05) is 48.3 Å². The Morgan fingerprint density at radius 1 is 1.22 bits per heavy atom. The molecule has 116 valence electrons. The largest absolute Gasteiger partial charge is 0.382 e. The number of carbonyl (C=O) groups excluding carboxylic acids is 1. The highest BCUT2D eigenvalue weighted by atomic mass is 16.1. The maximum atomic E-state index is 12.1. The number of nitrogens with two attached hydrogens (primary N) is 1. The number of amides is 1. The summed E-state index contributed by atoms with van der Waals surface area (Å²) in [5.74, 6) is -0.276. The molecule has 0 unspecified atom stereocenters. The molecule has 0 fully saturated rings. The molecule has 1 amide bonds. The van der Waals surface area contributed by atoms with E-state index in [4.69, 9.17) is 5.73 Å². The van der Waals surface area contributed by atoms with Crippen LogP contribution in [-0.2, 0) is 6.54 Å². The van der Waals surface area contributed by atoms with Crippen molar-refractivity contribution in [2.45, 2.75) is 13.5 Å². The van der Waals surface area contributed by atoms with Crippen LogP contribution in [0.2, 0.25) is 0 Å². The number of hydrogen-bond acceptors (Lipinski definition) is 5. The smallest absolute Gasteiger partial charge is 0.278 e. The molecule has 0 saturated heterocycles. The normalized spacial score (nSPS) is 10.5. The molecule has 1 aromatic carbocycles. The van der Waals surface area contributed by atoms with Crippen LogP contribution in [0.1, 0.15) is 21.6 Å². The van der Waals surface area contributed by atoms with Crippen molar-refractivity contribution in [3.63, 3.8) is 0 Å². The zero-order chi connectivity index (χ0) is 16.2. The van der Waals surface area contributed by atoms with E-state index in [9.17, 15) is 4.79 Å². The molecule has 0 aliphatic rings. The van der Waals surface area contributed by atoms with Crippen molar-refractivity contribution in [1.29, 1.82) is 0 Å². The summed E-state index contributed by atoms with van der Waals surface area (Å²) in [7, 11) is 0. The number of aryl methyl sites for hydroxylation is 1. The van der Waals surface area contributed by atoms with Gasteiger partial charge >= 0.3 is 0 Å². The van der Waals surface area contributed by atoms with Gasteiger partial charge < -0.3 is 11.1 Å². The van der Waals surface area contributed by atoms with Crippen LogP contribution in [0.15, 0.2) is 49.1 Å². The third-order valence-corrected chi connectivity index (χ3v) is 3.26. The molecule has 3 rings (SSSR count). The van der Waals surface area contributed by atoms with Crippen molar-refractivity contribution >= 4 is 17.4 Å². The van der Waals surface area contributed by atoms with Gasteiger partial charge in [0.1, 0.15) is 0 Å². The van der Waals surface area contributed by atoms with Crippen LogP contribution < -0.4 is 11.1 Å². The first-order valence-corrected chi connectivity index (χ1v) is 7.07. The molecule has 0 aliphatic carbocycles. The molecule has 7 heteroatoms. The van der Waals surface area contributed by atoms with Crippen LogP contribution in [-0.4, -0.2) is 25.7 Å². The quantitative estimate of drug-likeness (QED) is 0.766. The SMILES string of the molecule is Cc1cnn(Cc2ccc(NC(=O)c3nccnc3N)cc2)c1. The Kier molecular flexibility index (Phi) is 4.01. The molecular weight excluding hydrogens is 292 g/mol. The summed E-state index contributed by atoms with van der Waals surface area (Å²) < 4.78 is 1.86. The number of hydrogen-bond donors (Lipinski definition) is 2. The fourth-order valence-corrected chi connectivity index (χ4v) is 2.15. The van der Waals surface area contributed by atoms with E-state index >= 15 is 0 Å². The van der Waals surface area contributed by atoms with Crippen LogP contribution in [0.3, 0.4) is 0 Å². The van der Waals surface area contributed by atoms with E-state index in [-0.39, 0.29) is 17.4 Å². The van der Waals surface area contributed by atoms with Gasteiger partial charge in [0.15, 0.2) is 11.5 Å². The van der Waals surface area contributed by atoms with Gasteiger partial charge in [0.05, 0.1) is 12.7 Å². The van der Waals surface area contributed by atoms with Crippen LogP contribution >= 0.6 is 0 Å². The van der Waals surface area contributed by atoms with Gasteiger partial charge in [-0.1, -0.05) is 12.1 Å². The minimum absolute atomic E-state index is 0.107. The Bertz CT molecular complexity index is 825. The number of anilines is 2. The summed E-state index contributed by atoms with van der Waals surface area (Å²) in [6, 6.07) is 7.53. The Morgan fingerprint density at radius 2 is 1.96 bits per heavy atom. The molecule has 0 bridgehead atoms. The average Bonchev–Trinajstić information content (AvgIpc) is 2.95. The van der Waals surface area contributed by atoms with Gasteiger partial charge in [-0.25, -0.2) is 9.97 Å². The molecule has 7 nitrogen and oxygen atoms in total. The van der Waals surface area contributed by atoms with Crippen molar-refractivity contribution in [1.82, 2.24) is 19.7 Å². The van der Waals surface area contributed by atoms with E-state index in [1.165, 1.54) is 12.4 Å². The Morgan fingerprint density at radius 3 is 2.61 bits per heavy atom. The van der Waals surface area contributed by atoms with Crippen LogP contribution in [0.25, 0.3) is 0 Å². The molecule has 3 N–H and O–H groups in total. The number of nitrogens with zero attached hydrogens (tertiary/aromatic N) is 4. The van der Waals surface area contributed by atoms with Crippen LogP contribution in [0.4, 0.5) is 11.5 Å². The van der Waals surface area contributed by atoms with Crippen molar-refractivity contribution in [3.8, 4) is 0 Å². The number of nitrogen functional groups attached to an aromatic ring is 1. The van der Waals surface area contributed by atoms with E-state index in [2.05, 4.69) is 20.4 Å². The third kappa shape index (κ3) is 3.52. The topological polar surface area (TPSA) is 98.7 Å². The van der Waals surface area contributed by atoms with Crippen molar-refractivity contribution in [2.75, 3.05) is 11.1 Å². The third-order valence-electron chi connectivity index (χ3n) is 3.26. The lowest BCUT2D eigenvalue weighted by Crippen LogP contribution is -2.16. The molecule has 0 spiro atoms. The summed E-state index contributed by atoms with van der Waals surface area (Å²) in [4.78, 5) is 19.9. The number of carbonyl (C=O) groups is 1. The monoisotopic (exact) mass is 308 g/mol. The fraction of sp³-hybridized carbons (Fsp3) is 0.125. The number of benzene rings is 1. The summed E-state index contributed by atoms with van der Waals surface area (Å²) in [6.45, 7) is 2.68. The Balaban J connectivity index is 1.68. The molecule has 0 radical (unpaired) electrons. The second-order valence-electron chi connectivity index (χ2n) is 5.16. The first kappa shape index (κ1) is 14.7. The first-order chi connectivity index (χ1) is 11.1. The minimum atomic E-state index is -0.383. The highest BCUT2D eigenvalue weighted by molar-refractivity contribution is 6.05. The van der Waals surface area contributed by atoms with Crippen molar-refractivity contribution in [3.05, 3.63) is 65.9 Å². The van der Waals surface area contributed by atoms with Crippen LogP contribution in [0, 0.1) is 6.92 Å². The zero-order valence-electron chi connectivity index (χ0n) is 12.6. The van der Waals surface area contributed by atoms with E-state index in [0.717, 1.165) is 11.1 Å². The predicted octanol–water partition coefficient (Wildman–Crippen LogP) is 1.86. The highest BCUT2D eigenvalue weighted by Gasteiger charge is 2.12. The minimum Gasteiger partial charge on any atom is -0.382 e. The number of aromatic nitrogens is 4. The molecule has 23 heavy (non-hydrogen) atoms. The molecule has 0 saturated carbocycles. The first-order valence-electron chi connectivity index (χ1n) is 7.07. The highest BCUT2D eigenvalue weighted by Crippen LogP contribution is 2.13. The lowest BCUT2D eigenvalue weighted by molar-refractivity contribution is 0.102. The van der Waals surface area contributed by atoms with Gasteiger partial charge in [-0.05, 0) is 30.2 Å². The maximum absolute atomic E-state index is 12.1.